The normalized spacial score (nSPS) is 30.2. The Balaban J connectivity index is 1.51. The Labute approximate surface area is 176 Å². The smallest absolute Gasteiger partial charge is 0.220 e. The number of amides is 1. The summed E-state index contributed by atoms with van der Waals surface area (Å²) in [5.41, 5.74) is 10.2. The van der Waals surface area contributed by atoms with Gasteiger partial charge in [0.15, 0.2) is 0 Å². The molecule has 2 fully saturated rings. The first kappa shape index (κ1) is 19.1. The maximum absolute atomic E-state index is 11.8. The Hall–Kier alpha value is -1.92. The SMILES string of the molecule is CC1(C)Cc2c(-c3cc(C4NCCC45CCC(C(N)=O)C5)ncc3Cl)cnn2C1. The molecule has 0 bridgehead atoms. The maximum Gasteiger partial charge on any atom is 0.220 e. The van der Waals surface area contributed by atoms with Crippen LogP contribution in [-0.4, -0.2) is 27.2 Å². The molecular weight excluding hydrogens is 386 g/mol. The van der Waals surface area contributed by atoms with Gasteiger partial charge in [0.25, 0.3) is 0 Å². The number of hydrogen-bond acceptors (Lipinski definition) is 4. The minimum absolute atomic E-state index is 0.0228. The molecule has 6 nitrogen and oxygen atoms in total. The van der Waals surface area contributed by atoms with E-state index in [9.17, 15) is 4.79 Å². The molecule has 2 aromatic rings. The van der Waals surface area contributed by atoms with Crippen LogP contribution >= 0.6 is 11.6 Å². The summed E-state index contributed by atoms with van der Waals surface area (Å²) in [6.45, 7) is 6.41. The van der Waals surface area contributed by atoms with Gasteiger partial charge in [-0.25, -0.2) is 0 Å². The molecule has 5 rings (SSSR count). The van der Waals surface area contributed by atoms with Crippen LogP contribution in [0.3, 0.4) is 0 Å². The van der Waals surface area contributed by atoms with Crippen LogP contribution in [0.4, 0.5) is 0 Å². The molecule has 1 saturated carbocycles. The second-order valence-electron chi connectivity index (χ2n) is 9.93. The number of nitrogens with two attached hydrogens (primary N) is 1. The van der Waals surface area contributed by atoms with E-state index in [2.05, 4.69) is 35.0 Å². The van der Waals surface area contributed by atoms with E-state index >= 15 is 0 Å². The van der Waals surface area contributed by atoms with Crippen molar-refractivity contribution in [3.63, 3.8) is 0 Å². The molecule has 29 heavy (non-hydrogen) atoms. The van der Waals surface area contributed by atoms with Crippen LogP contribution < -0.4 is 11.1 Å². The third-order valence-electron chi connectivity index (χ3n) is 7.26. The number of halogens is 1. The predicted octanol–water partition coefficient (Wildman–Crippen LogP) is 3.49. The standard InChI is InChI=1S/C22H28ClN5O/c1-21(2)9-18-15(10-27-28(18)12-21)14-7-17(26-11-16(14)23)19-22(5-6-25-19)4-3-13(8-22)20(24)29/h7,10-11,13,19,25H,3-6,8-9,12H2,1-2H3,(H2,24,29). The third-order valence-corrected chi connectivity index (χ3v) is 7.57. The van der Waals surface area contributed by atoms with Crippen molar-refractivity contribution in [2.45, 2.75) is 58.5 Å². The number of nitrogens with zero attached hydrogens (tertiary/aromatic N) is 3. The van der Waals surface area contributed by atoms with Crippen LogP contribution in [0.25, 0.3) is 11.1 Å². The van der Waals surface area contributed by atoms with Crippen LogP contribution in [0.15, 0.2) is 18.5 Å². The lowest BCUT2D eigenvalue weighted by atomic mass is 9.76. The number of fused-ring (bicyclic) bond motifs is 1. The second kappa shape index (κ2) is 6.54. The highest BCUT2D eigenvalue weighted by molar-refractivity contribution is 6.33. The van der Waals surface area contributed by atoms with Crippen molar-refractivity contribution in [1.82, 2.24) is 20.1 Å². The number of primary amides is 1. The average Bonchev–Trinajstić information content (AvgIpc) is 3.40. The van der Waals surface area contributed by atoms with E-state index in [4.69, 9.17) is 22.3 Å². The van der Waals surface area contributed by atoms with Gasteiger partial charge in [0.05, 0.1) is 23.0 Å². The van der Waals surface area contributed by atoms with Gasteiger partial charge >= 0.3 is 0 Å². The zero-order chi connectivity index (χ0) is 20.4. The summed E-state index contributed by atoms with van der Waals surface area (Å²) in [6.07, 6.45) is 8.48. The van der Waals surface area contributed by atoms with Crippen LogP contribution in [-0.2, 0) is 17.8 Å². The summed E-state index contributed by atoms with van der Waals surface area (Å²) >= 11 is 6.60. The van der Waals surface area contributed by atoms with E-state index in [0.717, 1.165) is 62.0 Å². The van der Waals surface area contributed by atoms with Gasteiger partial charge in [-0.15, -0.1) is 0 Å². The largest absolute Gasteiger partial charge is 0.369 e. The Morgan fingerprint density at radius 1 is 1.31 bits per heavy atom. The van der Waals surface area contributed by atoms with E-state index in [1.54, 1.807) is 6.20 Å². The minimum Gasteiger partial charge on any atom is -0.369 e. The van der Waals surface area contributed by atoms with Crippen LogP contribution in [0, 0.1) is 16.7 Å². The summed E-state index contributed by atoms with van der Waals surface area (Å²) in [7, 11) is 0. The summed E-state index contributed by atoms with van der Waals surface area (Å²) < 4.78 is 2.11. The van der Waals surface area contributed by atoms with E-state index in [-0.39, 0.29) is 28.7 Å². The number of hydrogen-bond donors (Lipinski definition) is 2. The predicted molar refractivity (Wildman–Crippen MR) is 112 cm³/mol. The van der Waals surface area contributed by atoms with E-state index in [0.29, 0.717) is 5.02 Å². The summed E-state index contributed by atoms with van der Waals surface area (Å²) in [4.78, 5) is 16.5. The first-order valence-corrected chi connectivity index (χ1v) is 10.9. The number of carbonyl (C=O) groups excluding carboxylic acids is 1. The van der Waals surface area contributed by atoms with Gasteiger partial charge in [-0.05, 0) is 55.5 Å². The fourth-order valence-electron chi connectivity index (χ4n) is 5.83. The molecule has 2 aliphatic heterocycles. The Morgan fingerprint density at radius 2 is 2.14 bits per heavy atom. The lowest BCUT2D eigenvalue weighted by molar-refractivity contribution is -0.121. The van der Waals surface area contributed by atoms with Crippen molar-refractivity contribution in [2.24, 2.45) is 22.5 Å². The number of pyridine rings is 1. The Morgan fingerprint density at radius 3 is 2.90 bits per heavy atom. The molecule has 0 aromatic carbocycles. The number of carbonyl (C=O) groups is 1. The number of rotatable bonds is 3. The average molecular weight is 414 g/mol. The van der Waals surface area contributed by atoms with Crippen molar-refractivity contribution in [2.75, 3.05) is 6.54 Å². The molecule has 3 aliphatic rings. The molecule has 1 spiro atoms. The second-order valence-corrected chi connectivity index (χ2v) is 10.3. The summed E-state index contributed by atoms with van der Waals surface area (Å²) in [5, 5.41) is 8.91. The Kier molecular flexibility index (Phi) is 4.30. The minimum atomic E-state index is -0.171. The van der Waals surface area contributed by atoms with Crippen molar-refractivity contribution in [1.29, 1.82) is 0 Å². The number of nitrogens with one attached hydrogen (secondary N) is 1. The van der Waals surface area contributed by atoms with Gasteiger partial charge in [0.2, 0.25) is 5.91 Å². The van der Waals surface area contributed by atoms with Gasteiger partial charge in [-0.3, -0.25) is 14.5 Å². The fourth-order valence-corrected chi connectivity index (χ4v) is 6.03. The molecule has 0 radical (unpaired) electrons. The van der Waals surface area contributed by atoms with Gasteiger partial charge in [0.1, 0.15) is 0 Å². The zero-order valence-corrected chi connectivity index (χ0v) is 17.8. The maximum atomic E-state index is 11.8. The molecule has 4 heterocycles. The quantitative estimate of drug-likeness (QED) is 0.806. The van der Waals surface area contributed by atoms with Gasteiger partial charge < -0.3 is 11.1 Å². The molecule has 1 saturated heterocycles. The van der Waals surface area contributed by atoms with E-state index in [1.165, 1.54) is 5.69 Å². The topological polar surface area (TPSA) is 85.8 Å². The summed E-state index contributed by atoms with van der Waals surface area (Å²) in [5.74, 6) is -0.194. The van der Waals surface area contributed by atoms with E-state index < -0.39 is 0 Å². The van der Waals surface area contributed by atoms with E-state index in [1.807, 2.05) is 6.20 Å². The Bertz CT molecular complexity index is 984. The molecule has 3 unspecified atom stereocenters. The first-order chi connectivity index (χ1) is 13.8. The first-order valence-electron chi connectivity index (χ1n) is 10.5. The zero-order valence-electron chi connectivity index (χ0n) is 17.0. The fraction of sp³-hybridized carbons (Fsp3) is 0.591. The van der Waals surface area contributed by atoms with Crippen molar-refractivity contribution >= 4 is 17.5 Å². The monoisotopic (exact) mass is 413 g/mol. The molecular formula is C22H28ClN5O. The third kappa shape index (κ3) is 3.08. The van der Waals surface area contributed by atoms with Crippen molar-refractivity contribution in [3.05, 3.63) is 34.9 Å². The molecule has 2 aromatic heterocycles. The van der Waals surface area contributed by atoms with Gasteiger partial charge in [-0.2, -0.15) is 5.10 Å². The molecule has 3 N–H and O–H groups in total. The highest BCUT2D eigenvalue weighted by Gasteiger charge is 2.50. The van der Waals surface area contributed by atoms with Crippen molar-refractivity contribution < 1.29 is 4.79 Å². The summed E-state index contributed by atoms with van der Waals surface area (Å²) in [6, 6.07) is 2.26. The van der Waals surface area contributed by atoms with Crippen LogP contribution in [0.2, 0.25) is 5.02 Å². The highest BCUT2D eigenvalue weighted by Crippen LogP contribution is 2.55. The number of aromatic nitrogens is 3. The van der Waals surface area contributed by atoms with Gasteiger partial charge in [0, 0.05) is 35.5 Å². The highest BCUT2D eigenvalue weighted by atomic mass is 35.5. The lowest BCUT2D eigenvalue weighted by Crippen LogP contribution is -2.29. The molecule has 7 heteroatoms. The van der Waals surface area contributed by atoms with Crippen molar-refractivity contribution in [3.8, 4) is 11.1 Å². The molecule has 154 valence electrons. The van der Waals surface area contributed by atoms with Crippen LogP contribution in [0.5, 0.6) is 0 Å². The van der Waals surface area contributed by atoms with Gasteiger partial charge in [-0.1, -0.05) is 25.4 Å². The molecule has 1 aliphatic carbocycles. The lowest BCUT2D eigenvalue weighted by Gasteiger charge is -2.31. The molecule has 3 atom stereocenters. The molecule has 1 amide bonds. The van der Waals surface area contributed by atoms with Crippen LogP contribution in [0.1, 0.15) is 57.0 Å².